The Labute approximate surface area is 153 Å². The SMILES string of the molecule is COc1ccccc1-c1cc(C(=O)NCC(C)(C)N2CCOCC2)no1. The molecular weight excluding hydrogens is 334 g/mol. The van der Waals surface area contributed by atoms with E-state index in [1.54, 1.807) is 13.2 Å². The van der Waals surface area contributed by atoms with Crippen LogP contribution in [0.5, 0.6) is 5.75 Å². The van der Waals surface area contributed by atoms with Crippen molar-refractivity contribution in [1.82, 2.24) is 15.4 Å². The summed E-state index contributed by atoms with van der Waals surface area (Å²) < 4.78 is 16.1. The van der Waals surface area contributed by atoms with Gasteiger partial charge in [-0.05, 0) is 26.0 Å². The Hall–Kier alpha value is -2.38. The average Bonchev–Trinajstić information content (AvgIpc) is 3.17. The van der Waals surface area contributed by atoms with Gasteiger partial charge in [-0.3, -0.25) is 9.69 Å². The highest BCUT2D eigenvalue weighted by atomic mass is 16.5. The van der Waals surface area contributed by atoms with Crippen LogP contribution in [0.4, 0.5) is 0 Å². The standard InChI is InChI=1S/C19H25N3O4/c1-19(2,22-8-10-25-11-9-22)13-20-18(23)15-12-17(26-21-15)14-6-4-5-7-16(14)24-3/h4-7,12H,8-11,13H2,1-3H3,(H,20,23). The Balaban J connectivity index is 1.65. The molecule has 0 saturated carbocycles. The molecule has 0 atom stereocenters. The van der Waals surface area contributed by atoms with Crippen molar-refractivity contribution in [2.45, 2.75) is 19.4 Å². The van der Waals surface area contributed by atoms with Crippen LogP contribution >= 0.6 is 0 Å². The molecule has 1 aliphatic rings. The van der Waals surface area contributed by atoms with Crippen LogP contribution in [0, 0.1) is 0 Å². The minimum atomic E-state index is -0.253. The smallest absolute Gasteiger partial charge is 0.273 e. The number of aromatic nitrogens is 1. The minimum absolute atomic E-state index is 0.158. The third kappa shape index (κ3) is 4.05. The molecule has 1 N–H and O–H groups in total. The normalized spacial score (nSPS) is 15.7. The Bertz CT molecular complexity index is 751. The number of nitrogens with zero attached hydrogens (tertiary/aromatic N) is 2. The summed E-state index contributed by atoms with van der Waals surface area (Å²) in [4.78, 5) is 14.8. The highest BCUT2D eigenvalue weighted by molar-refractivity contribution is 5.93. The number of nitrogens with one attached hydrogen (secondary N) is 1. The van der Waals surface area contributed by atoms with E-state index in [1.165, 1.54) is 0 Å². The molecule has 0 spiro atoms. The second-order valence-corrected chi connectivity index (χ2v) is 6.87. The van der Waals surface area contributed by atoms with Crippen molar-refractivity contribution in [2.75, 3.05) is 40.0 Å². The second kappa shape index (κ2) is 7.88. The molecule has 1 saturated heterocycles. The summed E-state index contributed by atoms with van der Waals surface area (Å²) in [6.07, 6.45) is 0. The number of hydrogen-bond acceptors (Lipinski definition) is 6. The number of rotatable bonds is 6. The maximum Gasteiger partial charge on any atom is 0.273 e. The lowest BCUT2D eigenvalue weighted by atomic mass is 10.0. The van der Waals surface area contributed by atoms with Gasteiger partial charge in [0.1, 0.15) is 5.75 Å². The third-order valence-corrected chi connectivity index (χ3v) is 4.66. The molecule has 2 heterocycles. The molecule has 0 unspecified atom stereocenters. The number of carbonyl (C=O) groups is 1. The molecule has 1 aliphatic heterocycles. The lowest BCUT2D eigenvalue weighted by molar-refractivity contribution is -0.00925. The van der Waals surface area contributed by atoms with Gasteiger partial charge in [0, 0.05) is 31.2 Å². The van der Waals surface area contributed by atoms with Crippen LogP contribution in [0.3, 0.4) is 0 Å². The van der Waals surface area contributed by atoms with E-state index in [0.29, 0.717) is 18.1 Å². The van der Waals surface area contributed by atoms with Gasteiger partial charge >= 0.3 is 0 Å². The summed E-state index contributed by atoms with van der Waals surface area (Å²) in [7, 11) is 1.59. The van der Waals surface area contributed by atoms with Gasteiger partial charge in [-0.15, -0.1) is 0 Å². The topological polar surface area (TPSA) is 76.8 Å². The van der Waals surface area contributed by atoms with E-state index in [1.807, 2.05) is 24.3 Å². The minimum Gasteiger partial charge on any atom is -0.496 e. The molecule has 1 amide bonds. The first kappa shape index (κ1) is 18.4. The summed E-state index contributed by atoms with van der Waals surface area (Å²) in [5.74, 6) is 0.917. The highest BCUT2D eigenvalue weighted by Crippen LogP contribution is 2.29. The quantitative estimate of drug-likeness (QED) is 0.852. The van der Waals surface area contributed by atoms with E-state index < -0.39 is 0 Å². The van der Waals surface area contributed by atoms with Crippen LogP contribution in [0.2, 0.25) is 0 Å². The molecule has 0 aliphatic carbocycles. The Morgan fingerprint density at radius 1 is 1.31 bits per heavy atom. The van der Waals surface area contributed by atoms with E-state index >= 15 is 0 Å². The van der Waals surface area contributed by atoms with Crippen molar-refractivity contribution in [3.63, 3.8) is 0 Å². The molecule has 2 aromatic rings. The Morgan fingerprint density at radius 2 is 2.04 bits per heavy atom. The fourth-order valence-electron chi connectivity index (χ4n) is 3.02. The van der Waals surface area contributed by atoms with E-state index in [9.17, 15) is 4.79 Å². The number of methoxy groups -OCH3 is 1. The number of hydrogen-bond donors (Lipinski definition) is 1. The van der Waals surface area contributed by atoms with Crippen molar-refractivity contribution in [3.05, 3.63) is 36.0 Å². The zero-order valence-corrected chi connectivity index (χ0v) is 15.4. The number of amides is 1. The van der Waals surface area contributed by atoms with Gasteiger partial charge in [-0.1, -0.05) is 17.3 Å². The first-order valence-corrected chi connectivity index (χ1v) is 8.72. The molecule has 0 radical (unpaired) electrons. The average molecular weight is 359 g/mol. The zero-order chi connectivity index (χ0) is 18.6. The summed E-state index contributed by atoms with van der Waals surface area (Å²) >= 11 is 0. The molecule has 1 aromatic heterocycles. The maximum absolute atomic E-state index is 12.5. The van der Waals surface area contributed by atoms with Gasteiger partial charge in [0.05, 0.1) is 25.9 Å². The second-order valence-electron chi connectivity index (χ2n) is 6.87. The number of benzene rings is 1. The van der Waals surface area contributed by atoms with Gasteiger partial charge in [-0.25, -0.2) is 0 Å². The van der Waals surface area contributed by atoms with E-state index in [-0.39, 0.29) is 17.1 Å². The summed E-state index contributed by atoms with van der Waals surface area (Å²) in [5.41, 5.74) is 0.855. The van der Waals surface area contributed by atoms with Crippen LogP contribution in [-0.2, 0) is 4.74 Å². The summed E-state index contributed by atoms with van der Waals surface area (Å²) in [5, 5.41) is 6.86. The van der Waals surface area contributed by atoms with E-state index in [2.05, 4.69) is 29.2 Å². The largest absolute Gasteiger partial charge is 0.496 e. The van der Waals surface area contributed by atoms with Gasteiger partial charge in [-0.2, -0.15) is 0 Å². The van der Waals surface area contributed by atoms with Crippen molar-refractivity contribution >= 4 is 5.91 Å². The van der Waals surface area contributed by atoms with Crippen molar-refractivity contribution < 1.29 is 18.8 Å². The van der Waals surface area contributed by atoms with Crippen LogP contribution in [0.15, 0.2) is 34.9 Å². The first-order valence-electron chi connectivity index (χ1n) is 8.72. The number of para-hydroxylation sites is 1. The molecule has 26 heavy (non-hydrogen) atoms. The lowest BCUT2D eigenvalue weighted by Crippen LogP contribution is -2.55. The summed E-state index contributed by atoms with van der Waals surface area (Å²) in [6, 6.07) is 9.09. The Kier molecular flexibility index (Phi) is 5.58. The molecule has 0 bridgehead atoms. The molecule has 3 rings (SSSR count). The van der Waals surface area contributed by atoms with Gasteiger partial charge in [0.15, 0.2) is 11.5 Å². The maximum atomic E-state index is 12.5. The van der Waals surface area contributed by atoms with Gasteiger partial charge < -0.3 is 19.3 Å². The van der Waals surface area contributed by atoms with Crippen molar-refractivity contribution in [3.8, 4) is 17.1 Å². The van der Waals surface area contributed by atoms with Gasteiger partial charge in [0.25, 0.3) is 5.91 Å². The molecule has 7 heteroatoms. The monoisotopic (exact) mass is 359 g/mol. The van der Waals surface area contributed by atoms with Crippen LogP contribution < -0.4 is 10.1 Å². The number of morpholine rings is 1. The van der Waals surface area contributed by atoms with Crippen molar-refractivity contribution in [1.29, 1.82) is 0 Å². The van der Waals surface area contributed by atoms with Crippen LogP contribution in [0.25, 0.3) is 11.3 Å². The first-order chi connectivity index (χ1) is 12.5. The lowest BCUT2D eigenvalue weighted by Gasteiger charge is -2.40. The predicted molar refractivity (Wildman–Crippen MR) is 97.3 cm³/mol. The van der Waals surface area contributed by atoms with Crippen LogP contribution in [0.1, 0.15) is 24.3 Å². The Morgan fingerprint density at radius 3 is 2.77 bits per heavy atom. The van der Waals surface area contributed by atoms with E-state index in [0.717, 1.165) is 31.9 Å². The number of ether oxygens (including phenoxy) is 2. The molecule has 140 valence electrons. The fraction of sp³-hybridized carbons (Fsp3) is 0.474. The summed E-state index contributed by atoms with van der Waals surface area (Å²) in [6.45, 7) is 7.92. The molecule has 1 aromatic carbocycles. The number of carbonyl (C=O) groups excluding carboxylic acids is 1. The van der Waals surface area contributed by atoms with E-state index in [4.69, 9.17) is 14.0 Å². The van der Waals surface area contributed by atoms with Crippen molar-refractivity contribution in [2.24, 2.45) is 0 Å². The predicted octanol–water partition coefficient (Wildman–Crippen LogP) is 2.19. The molecule has 1 fully saturated rings. The molecule has 7 nitrogen and oxygen atoms in total. The molecular formula is C19H25N3O4. The van der Waals surface area contributed by atoms with Crippen LogP contribution in [-0.4, -0.2) is 61.5 Å². The zero-order valence-electron chi connectivity index (χ0n) is 15.4. The fourth-order valence-corrected chi connectivity index (χ4v) is 3.02. The highest BCUT2D eigenvalue weighted by Gasteiger charge is 2.29. The van der Waals surface area contributed by atoms with Gasteiger partial charge in [0.2, 0.25) is 0 Å². The third-order valence-electron chi connectivity index (χ3n) is 4.66.